The van der Waals surface area contributed by atoms with Crippen molar-refractivity contribution in [3.05, 3.63) is 34.2 Å². The molecule has 27 heavy (non-hydrogen) atoms. The summed E-state index contributed by atoms with van der Waals surface area (Å²) < 4.78 is 0. The third kappa shape index (κ3) is 4.25. The van der Waals surface area contributed by atoms with Crippen LogP contribution in [0.4, 0.5) is 5.82 Å². The fraction of sp³-hybridized carbons (Fsp3) is 0.600. The van der Waals surface area contributed by atoms with Crippen LogP contribution in [0, 0.1) is 0 Å². The summed E-state index contributed by atoms with van der Waals surface area (Å²) in [6.07, 6.45) is 7.89. The summed E-state index contributed by atoms with van der Waals surface area (Å²) in [4.78, 5) is 19.9. The van der Waals surface area contributed by atoms with E-state index in [4.69, 9.17) is 0 Å². The van der Waals surface area contributed by atoms with Crippen molar-refractivity contribution in [2.75, 3.05) is 31.5 Å². The van der Waals surface area contributed by atoms with Gasteiger partial charge in [-0.2, -0.15) is 5.10 Å². The number of thiophene rings is 1. The van der Waals surface area contributed by atoms with E-state index in [0.29, 0.717) is 17.9 Å². The summed E-state index contributed by atoms with van der Waals surface area (Å²) in [6.45, 7) is 7.14. The highest BCUT2D eigenvalue weighted by atomic mass is 32.1. The maximum absolute atomic E-state index is 12.5. The van der Waals surface area contributed by atoms with Crippen molar-refractivity contribution < 1.29 is 4.79 Å². The molecule has 6 nitrogen and oxygen atoms in total. The average Bonchev–Trinajstić information content (AvgIpc) is 3.43. The average molecular weight is 388 g/mol. The van der Waals surface area contributed by atoms with Crippen LogP contribution >= 0.6 is 11.3 Å². The minimum Gasteiger partial charge on any atom is -0.306 e. The molecule has 0 spiro atoms. The van der Waals surface area contributed by atoms with Crippen LogP contribution in [0.1, 0.15) is 59.6 Å². The van der Waals surface area contributed by atoms with Crippen molar-refractivity contribution in [3.8, 4) is 0 Å². The third-order valence-electron chi connectivity index (χ3n) is 5.79. The predicted octanol–water partition coefficient (Wildman–Crippen LogP) is 3.73. The van der Waals surface area contributed by atoms with Gasteiger partial charge in [0.2, 0.25) is 0 Å². The van der Waals surface area contributed by atoms with Crippen LogP contribution in [-0.4, -0.2) is 58.1 Å². The number of carbonyl (C=O) groups is 1. The Bertz CT molecular complexity index is 735. The smallest absolute Gasteiger partial charge is 0.266 e. The van der Waals surface area contributed by atoms with Crippen LogP contribution < -0.4 is 5.32 Å². The van der Waals surface area contributed by atoms with Crippen LogP contribution in [0.3, 0.4) is 0 Å². The molecule has 4 rings (SSSR count). The Balaban J connectivity index is 1.39. The fourth-order valence-electron chi connectivity index (χ4n) is 4.49. The highest BCUT2D eigenvalue weighted by Gasteiger charge is 2.34. The highest BCUT2D eigenvalue weighted by molar-refractivity contribution is 7.14. The van der Waals surface area contributed by atoms with Crippen LogP contribution in [0.5, 0.6) is 0 Å². The molecule has 2 aromatic heterocycles. The Kier molecular flexibility index (Phi) is 5.90. The number of H-pyrrole nitrogens is 1. The second-order valence-corrected chi connectivity index (χ2v) is 8.71. The quantitative estimate of drug-likeness (QED) is 0.793. The lowest BCUT2D eigenvalue weighted by molar-refractivity contribution is 0.0996. The number of anilines is 1. The molecule has 146 valence electrons. The molecular weight excluding hydrogens is 358 g/mol. The molecule has 7 heteroatoms. The Morgan fingerprint density at radius 2 is 2.11 bits per heavy atom. The van der Waals surface area contributed by atoms with Crippen LogP contribution in [0.15, 0.2) is 24.4 Å². The number of carbonyl (C=O) groups excluding carboxylic acids is 1. The molecule has 0 bridgehead atoms. The summed E-state index contributed by atoms with van der Waals surface area (Å²) in [6, 6.07) is 7.05. The number of aromatic amines is 1. The summed E-state index contributed by atoms with van der Waals surface area (Å²) in [5, 5.41) is 9.51. The van der Waals surface area contributed by atoms with Crippen LogP contribution in [0.25, 0.3) is 0 Å². The molecule has 2 aromatic rings. The lowest BCUT2D eigenvalue weighted by atomic mass is 10.0. The predicted molar refractivity (Wildman–Crippen MR) is 109 cm³/mol. The van der Waals surface area contributed by atoms with Gasteiger partial charge in [0.05, 0.1) is 11.1 Å². The van der Waals surface area contributed by atoms with Gasteiger partial charge in [0.15, 0.2) is 0 Å². The van der Waals surface area contributed by atoms with Gasteiger partial charge in [0, 0.05) is 23.0 Å². The molecule has 0 aliphatic carbocycles. The molecule has 0 saturated carbocycles. The molecule has 2 N–H and O–H groups in total. The maximum Gasteiger partial charge on any atom is 0.266 e. The fourth-order valence-corrected chi connectivity index (χ4v) is 5.54. The Labute approximate surface area is 164 Å². The SMILES string of the molecule is CCCN1CCC(N2CCC[C@H]2c2ccc(C(=O)Nc3ccn[nH]3)s2)CC1. The lowest BCUT2D eigenvalue weighted by Crippen LogP contribution is -2.44. The Morgan fingerprint density at radius 1 is 1.26 bits per heavy atom. The van der Waals surface area contributed by atoms with E-state index >= 15 is 0 Å². The molecule has 2 fully saturated rings. The van der Waals surface area contributed by atoms with Gasteiger partial charge >= 0.3 is 0 Å². The van der Waals surface area contributed by atoms with E-state index in [1.54, 1.807) is 23.6 Å². The summed E-state index contributed by atoms with van der Waals surface area (Å²) in [5.74, 6) is 0.573. The molecule has 4 heterocycles. The van der Waals surface area contributed by atoms with Crippen LogP contribution in [0.2, 0.25) is 0 Å². The number of rotatable bonds is 6. The first-order chi connectivity index (χ1) is 13.2. The molecule has 2 saturated heterocycles. The topological polar surface area (TPSA) is 64.3 Å². The summed E-state index contributed by atoms with van der Waals surface area (Å²) >= 11 is 1.64. The van der Waals surface area contributed by atoms with E-state index in [-0.39, 0.29) is 5.91 Å². The van der Waals surface area contributed by atoms with Crippen molar-refractivity contribution in [1.82, 2.24) is 20.0 Å². The van der Waals surface area contributed by atoms with Gasteiger partial charge in [-0.3, -0.25) is 14.8 Å². The second-order valence-electron chi connectivity index (χ2n) is 7.60. The molecular formula is C20H29N5OS. The largest absolute Gasteiger partial charge is 0.306 e. The number of amides is 1. The van der Waals surface area contributed by atoms with Gasteiger partial charge in [-0.25, -0.2) is 0 Å². The number of nitrogens with zero attached hydrogens (tertiary/aromatic N) is 3. The summed E-state index contributed by atoms with van der Waals surface area (Å²) in [5.41, 5.74) is 0. The van der Waals surface area contributed by atoms with E-state index in [0.717, 1.165) is 4.88 Å². The van der Waals surface area contributed by atoms with E-state index in [9.17, 15) is 4.79 Å². The molecule has 1 atom stereocenters. The number of piperidine rings is 1. The number of likely N-dealkylation sites (tertiary alicyclic amines) is 2. The zero-order valence-electron chi connectivity index (χ0n) is 16.0. The maximum atomic E-state index is 12.5. The Hall–Kier alpha value is -1.70. The van der Waals surface area contributed by atoms with Gasteiger partial charge in [-0.1, -0.05) is 6.92 Å². The summed E-state index contributed by atoms with van der Waals surface area (Å²) in [7, 11) is 0. The standard InChI is InChI=1S/C20H29N5OS/c1-2-11-24-13-8-15(9-14-24)25-12-3-4-16(25)17-5-6-18(27-17)20(26)22-19-7-10-21-23-19/h5-7,10,15-16H,2-4,8-9,11-14H2,1H3,(H2,21,22,23,26)/t16-/m0/s1. The first-order valence-corrected chi connectivity index (χ1v) is 10.9. The monoisotopic (exact) mass is 387 g/mol. The van der Waals surface area contributed by atoms with Crippen molar-refractivity contribution >= 4 is 23.1 Å². The molecule has 2 aliphatic heterocycles. The number of hydrogen-bond donors (Lipinski definition) is 2. The second kappa shape index (κ2) is 8.54. The van der Waals surface area contributed by atoms with E-state index in [2.05, 4.69) is 38.3 Å². The number of aromatic nitrogens is 2. The highest BCUT2D eigenvalue weighted by Crippen LogP contribution is 2.39. The number of hydrogen-bond acceptors (Lipinski definition) is 5. The van der Waals surface area contributed by atoms with Crippen molar-refractivity contribution in [2.24, 2.45) is 0 Å². The van der Waals surface area contributed by atoms with Gasteiger partial charge in [0.25, 0.3) is 5.91 Å². The van der Waals surface area contributed by atoms with Gasteiger partial charge in [-0.15, -0.1) is 11.3 Å². The normalized spacial score (nSPS) is 22.3. The van der Waals surface area contributed by atoms with E-state index in [1.165, 1.54) is 63.2 Å². The first-order valence-electron chi connectivity index (χ1n) is 10.1. The van der Waals surface area contributed by atoms with E-state index < -0.39 is 0 Å². The van der Waals surface area contributed by atoms with Gasteiger partial charge < -0.3 is 10.2 Å². The lowest BCUT2D eigenvalue weighted by Gasteiger charge is -2.39. The minimum atomic E-state index is -0.0621. The zero-order valence-corrected chi connectivity index (χ0v) is 16.8. The van der Waals surface area contributed by atoms with E-state index in [1.807, 2.05) is 6.07 Å². The molecule has 0 radical (unpaired) electrons. The van der Waals surface area contributed by atoms with Crippen molar-refractivity contribution in [3.63, 3.8) is 0 Å². The van der Waals surface area contributed by atoms with Crippen molar-refractivity contribution in [2.45, 2.75) is 51.1 Å². The van der Waals surface area contributed by atoms with Gasteiger partial charge in [0.1, 0.15) is 5.82 Å². The minimum absolute atomic E-state index is 0.0621. The molecule has 2 aliphatic rings. The van der Waals surface area contributed by atoms with Gasteiger partial charge in [-0.05, 0) is 70.4 Å². The van der Waals surface area contributed by atoms with Crippen LogP contribution in [-0.2, 0) is 0 Å². The zero-order chi connectivity index (χ0) is 18.6. The Morgan fingerprint density at radius 3 is 2.85 bits per heavy atom. The third-order valence-corrected chi connectivity index (χ3v) is 6.97. The molecule has 1 amide bonds. The number of nitrogens with one attached hydrogen (secondary N) is 2. The molecule has 0 unspecified atom stereocenters. The molecule has 0 aromatic carbocycles. The van der Waals surface area contributed by atoms with Crippen molar-refractivity contribution in [1.29, 1.82) is 0 Å². The first kappa shape index (κ1) is 18.7.